The van der Waals surface area contributed by atoms with E-state index in [0.717, 1.165) is 10.0 Å². The Kier molecular flexibility index (Phi) is 7.15. The van der Waals surface area contributed by atoms with Crippen LogP contribution in [0, 0.1) is 0 Å². The maximum absolute atomic E-state index is 12.3. The summed E-state index contributed by atoms with van der Waals surface area (Å²) in [5, 5.41) is 2.84. The lowest BCUT2D eigenvalue weighted by molar-refractivity contribution is -0.127. The van der Waals surface area contributed by atoms with Crippen LogP contribution in [0.25, 0.3) is 0 Å². The summed E-state index contributed by atoms with van der Waals surface area (Å²) in [6.07, 6.45) is -0.637. The van der Waals surface area contributed by atoms with E-state index in [1.807, 2.05) is 18.2 Å². The van der Waals surface area contributed by atoms with Crippen LogP contribution in [0.2, 0.25) is 0 Å². The molecule has 1 amide bonds. The van der Waals surface area contributed by atoms with Gasteiger partial charge in [0.2, 0.25) is 5.75 Å². The summed E-state index contributed by atoms with van der Waals surface area (Å²) in [5.74, 6) is 1.96. The van der Waals surface area contributed by atoms with E-state index in [4.69, 9.17) is 18.9 Å². The molecule has 7 heteroatoms. The van der Waals surface area contributed by atoms with Gasteiger partial charge in [-0.1, -0.05) is 15.9 Å². The third kappa shape index (κ3) is 4.82. The summed E-state index contributed by atoms with van der Waals surface area (Å²) in [5.41, 5.74) is 0.773. The Morgan fingerprint density at radius 1 is 1.00 bits per heavy atom. The number of methoxy groups -OCH3 is 3. The normalized spacial score (nSPS) is 11.4. The molecule has 0 aliphatic rings. The van der Waals surface area contributed by atoms with Crippen LogP contribution in [-0.2, 0) is 11.3 Å². The molecule has 2 aromatic rings. The highest BCUT2D eigenvalue weighted by Crippen LogP contribution is 2.39. The van der Waals surface area contributed by atoms with Crippen LogP contribution in [0.3, 0.4) is 0 Å². The van der Waals surface area contributed by atoms with Gasteiger partial charge in [0, 0.05) is 16.6 Å². The Hall–Kier alpha value is -2.41. The minimum Gasteiger partial charge on any atom is -0.493 e. The van der Waals surface area contributed by atoms with Crippen molar-refractivity contribution >= 4 is 21.8 Å². The van der Waals surface area contributed by atoms with Crippen molar-refractivity contribution in [3.8, 4) is 23.0 Å². The van der Waals surface area contributed by atoms with Gasteiger partial charge in [-0.3, -0.25) is 4.79 Å². The molecule has 6 nitrogen and oxygen atoms in total. The third-order valence-electron chi connectivity index (χ3n) is 3.73. The number of halogens is 1. The van der Waals surface area contributed by atoms with Crippen LogP contribution < -0.4 is 24.3 Å². The molecule has 140 valence electrons. The lowest BCUT2D eigenvalue weighted by Crippen LogP contribution is -2.36. The van der Waals surface area contributed by atoms with E-state index in [2.05, 4.69) is 21.2 Å². The molecule has 1 atom stereocenters. The smallest absolute Gasteiger partial charge is 0.261 e. The third-order valence-corrected chi connectivity index (χ3v) is 4.26. The van der Waals surface area contributed by atoms with Crippen molar-refractivity contribution < 1.29 is 23.7 Å². The summed E-state index contributed by atoms with van der Waals surface area (Å²) in [6.45, 7) is 1.97. The van der Waals surface area contributed by atoms with E-state index in [-0.39, 0.29) is 12.5 Å². The minimum atomic E-state index is -0.637. The molecule has 0 aromatic heterocycles. The maximum Gasteiger partial charge on any atom is 0.261 e. The van der Waals surface area contributed by atoms with E-state index in [0.29, 0.717) is 23.0 Å². The standard InChI is InChI=1S/C19H22BrNO5/c1-12(26-15-8-6-14(20)7-9-15)19(22)21-11-13-5-10-16(23-2)18(25-4)17(13)24-3/h5-10,12H,11H2,1-4H3,(H,21,22)/t12-/m0/s1. The SMILES string of the molecule is COc1ccc(CNC(=O)[C@H](C)Oc2ccc(Br)cc2)c(OC)c1OC. The van der Waals surface area contributed by atoms with Crippen molar-refractivity contribution in [1.29, 1.82) is 0 Å². The van der Waals surface area contributed by atoms with Crippen LogP contribution in [0.5, 0.6) is 23.0 Å². The van der Waals surface area contributed by atoms with Crippen LogP contribution in [-0.4, -0.2) is 33.3 Å². The average Bonchev–Trinajstić information content (AvgIpc) is 2.66. The van der Waals surface area contributed by atoms with E-state index < -0.39 is 6.10 Å². The van der Waals surface area contributed by atoms with E-state index in [1.165, 1.54) is 7.11 Å². The van der Waals surface area contributed by atoms with Crippen molar-refractivity contribution in [2.75, 3.05) is 21.3 Å². The average molecular weight is 424 g/mol. The van der Waals surface area contributed by atoms with Crippen molar-refractivity contribution in [3.63, 3.8) is 0 Å². The highest BCUT2D eigenvalue weighted by molar-refractivity contribution is 9.10. The Balaban J connectivity index is 2.03. The molecule has 2 aromatic carbocycles. The molecule has 0 fully saturated rings. The van der Waals surface area contributed by atoms with Crippen LogP contribution in [0.15, 0.2) is 40.9 Å². The minimum absolute atomic E-state index is 0.232. The summed E-state index contributed by atoms with van der Waals surface area (Å²) < 4.78 is 22.6. The fourth-order valence-electron chi connectivity index (χ4n) is 2.40. The molecular formula is C19H22BrNO5. The molecule has 0 bridgehead atoms. The second kappa shape index (κ2) is 9.33. The number of carbonyl (C=O) groups is 1. The van der Waals surface area contributed by atoms with Crippen molar-refractivity contribution in [3.05, 3.63) is 46.4 Å². The van der Waals surface area contributed by atoms with Crippen LogP contribution >= 0.6 is 15.9 Å². The zero-order valence-electron chi connectivity index (χ0n) is 15.2. The largest absolute Gasteiger partial charge is 0.493 e. The lowest BCUT2D eigenvalue weighted by Gasteiger charge is -2.18. The van der Waals surface area contributed by atoms with Gasteiger partial charge in [-0.05, 0) is 43.3 Å². The second-order valence-electron chi connectivity index (χ2n) is 5.43. The summed E-state index contributed by atoms with van der Waals surface area (Å²) in [6, 6.07) is 10.9. The van der Waals surface area contributed by atoms with Crippen LogP contribution in [0.4, 0.5) is 0 Å². The molecular weight excluding hydrogens is 402 g/mol. The first-order valence-electron chi connectivity index (χ1n) is 7.98. The summed E-state index contributed by atoms with van der Waals surface area (Å²) >= 11 is 3.36. The number of carbonyl (C=O) groups excluding carboxylic acids is 1. The van der Waals surface area contributed by atoms with Gasteiger partial charge >= 0.3 is 0 Å². The highest BCUT2D eigenvalue weighted by atomic mass is 79.9. The topological polar surface area (TPSA) is 66.0 Å². The number of amides is 1. The van der Waals surface area contributed by atoms with E-state index >= 15 is 0 Å². The van der Waals surface area contributed by atoms with Gasteiger partial charge in [0.25, 0.3) is 5.91 Å². The van der Waals surface area contributed by atoms with Crippen molar-refractivity contribution in [1.82, 2.24) is 5.32 Å². The first-order valence-corrected chi connectivity index (χ1v) is 8.77. The molecule has 0 saturated heterocycles. The molecule has 0 unspecified atom stereocenters. The molecule has 0 saturated carbocycles. The maximum atomic E-state index is 12.3. The van der Waals surface area contributed by atoms with Gasteiger partial charge in [0.15, 0.2) is 17.6 Å². The van der Waals surface area contributed by atoms with E-state index in [9.17, 15) is 4.79 Å². The quantitative estimate of drug-likeness (QED) is 0.702. The second-order valence-corrected chi connectivity index (χ2v) is 6.34. The first kappa shape index (κ1) is 19.9. The molecule has 0 aliphatic carbocycles. The number of rotatable bonds is 8. The van der Waals surface area contributed by atoms with Crippen molar-refractivity contribution in [2.24, 2.45) is 0 Å². The molecule has 0 aliphatic heterocycles. The first-order chi connectivity index (χ1) is 12.5. The predicted molar refractivity (Wildman–Crippen MR) is 102 cm³/mol. The van der Waals surface area contributed by atoms with Gasteiger partial charge < -0.3 is 24.3 Å². The monoisotopic (exact) mass is 423 g/mol. The van der Waals surface area contributed by atoms with Gasteiger partial charge in [0.05, 0.1) is 21.3 Å². The lowest BCUT2D eigenvalue weighted by atomic mass is 10.1. The van der Waals surface area contributed by atoms with Gasteiger partial charge in [-0.15, -0.1) is 0 Å². The van der Waals surface area contributed by atoms with Crippen molar-refractivity contribution in [2.45, 2.75) is 19.6 Å². The fourth-order valence-corrected chi connectivity index (χ4v) is 2.66. The molecule has 0 spiro atoms. The Morgan fingerprint density at radius 2 is 1.65 bits per heavy atom. The number of benzene rings is 2. The molecule has 2 rings (SSSR count). The Morgan fingerprint density at radius 3 is 2.23 bits per heavy atom. The molecule has 26 heavy (non-hydrogen) atoms. The number of hydrogen-bond acceptors (Lipinski definition) is 5. The number of hydrogen-bond donors (Lipinski definition) is 1. The zero-order valence-corrected chi connectivity index (χ0v) is 16.8. The molecule has 0 radical (unpaired) electrons. The highest BCUT2D eigenvalue weighted by Gasteiger charge is 2.18. The number of ether oxygens (including phenoxy) is 4. The predicted octanol–water partition coefficient (Wildman–Crippen LogP) is 3.56. The van der Waals surface area contributed by atoms with Gasteiger partial charge in [-0.2, -0.15) is 0 Å². The number of nitrogens with one attached hydrogen (secondary N) is 1. The Labute approximate surface area is 161 Å². The van der Waals surface area contributed by atoms with Gasteiger partial charge in [-0.25, -0.2) is 0 Å². The van der Waals surface area contributed by atoms with Gasteiger partial charge in [0.1, 0.15) is 5.75 Å². The van der Waals surface area contributed by atoms with E-state index in [1.54, 1.807) is 39.3 Å². The summed E-state index contributed by atoms with van der Waals surface area (Å²) in [4.78, 5) is 12.3. The Bertz CT molecular complexity index is 748. The molecule has 1 N–H and O–H groups in total. The zero-order chi connectivity index (χ0) is 19.1. The summed E-state index contributed by atoms with van der Waals surface area (Å²) in [7, 11) is 4.64. The molecule has 0 heterocycles. The van der Waals surface area contributed by atoms with Crippen LogP contribution in [0.1, 0.15) is 12.5 Å². The fraction of sp³-hybridized carbons (Fsp3) is 0.316.